The van der Waals surface area contributed by atoms with E-state index in [9.17, 15) is 4.79 Å². The van der Waals surface area contributed by atoms with Gasteiger partial charge in [-0.15, -0.1) is 5.54 Å². The van der Waals surface area contributed by atoms with Crippen LogP contribution in [0.1, 0.15) is 92.3 Å². The highest BCUT2D eigenvalue weighted by atomic mass is 127. The number of carbonyl (C=O) groups is 1. The molecule has 2 aromatic rings. The summed E-state index contributed by atoms with van der Waals surface area (Å²) in [7, 11) is -1.57. The van der Waals surface area contributed by atoms with Crippen molar-refractivity contribution < 1.29 is 14.3 Å². The lowest BCUT2D eigenvalue weighted by molar-refractivity contribution is 0.0497. The minimum absolute atomic E-state index is 0.316. The number of unbranched alkanes of at least 4 members (excludes halogenated alkanes) is 6. The highest BCUT2D eigenvalue weighted by molar-refractivity contribution is 14.1. The van der Waals surface area contributed by atoms with Crippen LogP contribution >= 0.6 is 22.6 Å². The van der Waals surface area contributed by atoms with Crippen LogP contribution in [0.4, 0.5) is 0 Å². The molecule has 0 saturated heterocycles. The quantitative estimate of drug-likeness (QED) is 0.0777. The van der Waals surface area contributed by atoms with Gasteiger partial charge in [0.2, 0.25) is 0 Å². The first kappa shape index (κ1) is 31.0. The Bertz CT molecular complexity index is 1140. The molecule has 0 unspecified atom stereocenters. The minimum atomic E-state index is -1.57. The van der Waals surface area contributed by atoms with E-state index in [0.29, 0.717) is 18.8 Å². The Morgan fingerprint density at radius 1 is 0.757 bits per heavy atom. The molecule has 0 saturated carbocycles. The van der Waals surface area contributed by atoms with E-state index < -0.39 is 8.07 Å². The van der Waals surface area contributed by atoms with Gasteiger partial charge in [-0.25, -0.2) is 4.79 Å². The van der Waals surface area contributed by atoms with Gasteiger partial charge in [-0.1, -0.05) is 89.8 Å². The van der Waals surface area contributed by atoms with Crippen LogP contribution < -0.4 is 4.74 Å². The number of esters is 1. The van der Waals surface area contributed by atoms with E-state index in [2.05, 4.69) is 79.4 Å². The molecule has 2 rings (SSSR count). The van der Waals surface area contributed by atoms with E-state index in [1.54, 1.807) is 6.07 Å². The molecule has 0 N–H and O–H groups in total. The molecule has 37 heavy (non-hydrogen) atoms. The Balaban J connectivity index is 2.25. The third-order valence-electron chi connectivity index (χ3n) is 5.47. The van der Waals surface area contributed by atoms with Gasteiger partial charge in [0.1, 0.15) is 13.8 Å². The van der Waals surface area contributed by atoms with Crippen LogP contribution in [-0.4, -0.2) is 27.3 Å². The molecule has 5 heteroatoms. The standard InChI is InChI=1S/C32H41IO3Si/c1-6-8-10-12-17-35-31-24-27(23-30(33)25-31)15-14-26-20-28(16-19-37(3,4)5)22-29(21-26)32(34)36-18-13-11-9-7-2/h20-25H,6-13,17-18H2,1-5H3. The normalized spacial score (nSPS) is 10.6. The number of halogens is 1. The Morgan fingerprint density at radius 2 is 1.35 bits per heavy atom. The van der Waals surface area contributed by atoms with Gasteiger partial charge >= 0.3 is 5.97 Å². The summed E-state index contributed by atoms with van der Waals surface area (Å²) in [5.41, 5.74) is 6.32. The molecule has 0 radical (unpaired) electrons. The SMILES string of the molecule is CCCCCCOC(=O)c1cc(C#Cc2cc(I)cc(OCCCCCC)c2)cc(C#C[Si](C)(C)C)c1. The zero-order valence-electron chi connectivity index (χ0n) is 23.1. The Kier molecular flexibility index (Phi) is 13.9. The summed E-state index contributed by atoms with van der Waals surface area (Å²) >= 11 is 2.29. The summed E-state index contributed by atoms with van der Waals surface area (Å²) in [6.07, 6.45) is 8.97. The molecule has 0 fully saturated rings. The molecule has 3 nitrogen and oxygen atoms in total. The maximum atomic E-state index is 12.8. The lowest BCUT2D eigenvalue weighted by Crippen LogP contribution is -2.16. The fourth-order valence-corrected chi connectivity index (χ4v) is 4.67. The second-order valence-corrected chi connectivity index (χ2v) is 16.3. The first-order chi connectivity index (χ1) is 17.7. The molecule has 0 aliphatic heterocycles. The van der Waals surface area contributed by atoms with Gasteiger partial charge < -0.3 is 9.47 Å². The molecular weight excluding hydrogens is 587 g/mol. The minimum Gasteiger partial charge on any atom is -0.494 e. The van der Waals surface area contributed by atoms with Gasteiger partial charge in [-0.05, 0) is 71.8 Å². The van der Waals surface area contributed by atoms with Crippen LogP contribution in [-0.2, 0) is 4.74 Å². The number of hydrogen-bond donors (Lipinski definition) is 0. The molecule has 0 aliphatic carbocycles. The predicted octanol–water partition coefficient (Wildman–Crippen LogP) is 8.62. The molecule has 0 atom stereocenters. The summed E-state index contributed by atoms with van der Waals surface area (Å²) in [4.78, 5) is 12.8. The topological polar surface area (TPSA) is 35.5 Å². The second-order valence-electron chi connectivity index (χ2n) is 10.3. The van der Waals surface area contributed by atoms with Crippen LogP contribution in [0.5, 0.6) is 5.75 Å². The number of rotatable bonds is 12. The van der Waals surface area contributed by atoms with Gasteiger partial charge in [0.15, 0.2) is 0 Å². The summed E-state index contributed by atoms with van der Waals surface area (Å²) < 4.78 is 12.6. The molecule has 0 spiro atoms. The zero-order chi connectivity index (χ0) is 27.1. The third-order valence-corrected chi connectivity index (χ3v) is 6.97. The van der Waals surface area contributed by atoms with Crippen LogP contribution in [0.3, 0.4) is 0 Å². The average Bonchev–Trinajstić information content (AvgIpc) is 2.85. The molecule has 0 aliphatic rings. The largest absolute Gasteiger partial charge is 0.494 e. The lowest BCUT2D eigenvalue weighted by Gasteiger charge is -2.07. The van der Waals surface area contributed by atoms with Crippen molar-refractivity contribution in [2.75, 3.05) is 13.2 Å². The fraction of sp³-hybridized carbons (Fsp3) is 0.469. The van der Waals surface area contributed by atoms with Gasteiger partial charge in [-0.2, -0.15) is 0 Å². The van der Waals surface area contributed by atoms with Crippen molar-refractivity contribution in [1.82, 2.24) is 0 Å². The van der Waals surface area contributed by atoms with E-state index in [4.69, 9.17) is 9.47 Å². The molecule has 0 amide bonds. The van der Waals surface area contributed by atoms with Gasteiger partial charge in [0.05, 0.1) is 18.8 Å². The zero-order valence-corrected chi connectivity index (χ0v) is 26.3. The molecular formula is C32H41IO3Si. The molecule has 0 bridgehead atoms. The van der Waals surface area contributed by atoms with Crippen molar-refractivity contribution >= 4 is 36.6 Å². The maximum Gasteiger partial charge on any atom is 0.338 e. The highest BCUT2D eigenvalue weighted by Crippen LogP contribution is 2.19. The smallest absolute Gasteiger partial charge is 0.338 e. The van der Waals surface area contributed by atoms with Crippen molar-refractivity contribution in [3.63, 3.8) is 0 Å². The number of ether oxygens (including phenoxy) is 2. The van der Waals surface area contributed by atoms with Gasteiger partial charge in [-0.3, -0.25) is 0 Å². The van der Waals surface area contributed by atoms with Crippen molar-refractivity contribution in [1.29, 1.82) is 0 Å². The Labute approximate surface area is 239 Å². The van der Waals surface area contributed by atoms with E-state index in [-0.39, 0.29) is 5.97 Å². The Hall–Kier alpha value is -2.22. The van der Waals surface area contributed by atoms with Gasteiger partial charge in [0.25, 0.3) is 0 Å². The molecule has 0 aromatic heterocycles. The predicted molar refractivity (Wildman–Crippen MR) is 166 cm³/mol. The molecule has 2 aromatic carbocycles. The van der Waals surface area contributed by atoms with Crippen molar-refractivity contribution in [2.45, 2.75) is 84.9 Å². The average molecular weight is 629 g/mol. The third kappa shape index (κ3) is 13.2. The van der Waals surface area contributed by atoms with Crippen LogP contribution in [0, 0.1) is 26.9 Å². The number of hydrogen-bond acceptors (Lipinski definition) is 3. The van der Waals surface area contributed by atoms with E-state index >= 15 is 0 Å². The molecule has 198 valence electrons. The first-order valence-electron chi connectivity index (χ1n) is 13.5. The second kappa shape index (κ2) is 16.6. The van der Waals surface area contributed by atoms with Crippen LogP contribution in [0.2, 0.25) is 19.6 Å². The van der Waals surface area contributed by atoms with Crippen molar-refractivity contribution in [2.24, 2.45) is 0 Å². The highest BCUT2D eigenvalue weighted by Gasteiger charge is 2.11. The van der Waals surface area contributed by atoms with Crippen LogP contribution in [0.15, 0.2) is 36.4 Å². The van der Waals surface area contributed by atoms with Gasteiger partial charge in [0, 0.05) is 20.3 Å². The fourth-order valence-electron chi connectivity index (χ4n) is 3.51. The summed E-state index contributed by atoms with van der Waals surface area (Å²) in [5, 5.41) is 0. The number of benzene rings is 2. The number of carbonyl (C=O) groups excluding carboxylic acids is 1. The monoisotopic (exact) mass is 628 g/mol. The first-order valence-corrected chi connectivity index (χ1v) is 18.1. The van der Waals surface area contributed by atoms with Crippen LogP contribution in [0.25, 0.3) is 0 Å². The van der Waals surface area contributed by atoms with Crippen molar-refractivity contribution in [3.8, 4) is 29.1 Å². The van der Waals surface area contributed by atoms with Crippen molar-refractivity contribution in [3.05, 3.63) is 62.2 Å². The molecule has 0 heterocycles. The lowest BCUT2D eigenvalue weighted by atomic mass is 10.1. The van der Waals surface area contributed by atoms with E-state index in [0.717, 1.165) is 58.1 Å². The summed E-state index contributed by atoms with van der Waals surface area (Å²) in [6.45, 7) is 12.1. The Morgan fingerprint density at radius 3 is 1.97 bits per heavy atom. The summed E-state index contributed by atoms with van der Waals surface area (Å²) in [5.74, 6) is 10.3. The maximum absolute atomic E-state index is 12.8. The van der Waals surface area contributed by atoms with E-state index in [1.165, 1.54) is 19.3 Å². The summed E-state index contributed by atoms with van der Waals surface area (Å²) in [6, 6.07) is 11.6. The van der Waals surface area contributed by atoms with E-state index in [1.807, 2.05) is 30.3 Å².